The molecule has 2 aliphatic rings. The van der Waals surface area contributed by atoms with Crippen LogP contribution in [0.15, 0.2) is 36.4 Å². The van der Waals surface area contributed by atoms with Crippen LogP contribution >= 0.6 is 0 Å². The van der Waals surface area contributed by atoms with E-state index < -0.39 is 35.4 Å². The summed E-state index contributed by atoms with van der Waals surface area (Å²) in [4.78, 5) is 40.8. The Bertz CT molecular complexity index is 1290. The van der Waals surface area contributed by atoms with Gasteiger partial charge in [0.2, 0.25) is 0 Å². The van der Waals surface area contributed by atoms with E-state index >= 15 is 0 Å². The molecule has 3 atom stereocenters. The van der Waals surface area contributed by atoms with Gasteiger partial charge in [0.25, 0.3) is 5.91 Å². The van der Waals surface area contributed by atoms with Gasteiger partial charge in [-0.3, -0.25) is 9.69 Å². The van der Waals surface area contributed by atoms with Gasteiger partial charge in [-0.1, -0.05) is 12.1 Å². The van der Waals surface area contributed by atoms with Gasteiger partial charge >= 0.3 is 12.1 Å². The highest BCUT2D eigenvalue weighted by Crippen LogP contribution is 2.44. The molecule has 3 unspecified atom stereocenters. The summed E-state index contributed by atoms with van der Waals surface area (Å²) >= 11 is 0. The van der Waals surface area contributed by atoms with Gasteiger partial charge in [0, 0.05) is 6.54 Å². The molecule has 0 bridgehead atoms. The van der Waals surface area contributed by atoms with E-state index in [0.29, 0.717) is 29.0 Å². The minimum atomic E-state index is -0.738. The first-order chi connectivity index (χ1) is 18.7. The number of rotatable bonds is 5. The lowest BCUT2D eigenvalue weighted by Gasteiger charge is -2.41. The molecule has 0 saturated carbocycles. The Kier molecular flexibility index (Phi) is 8.17. The number of nitrogens with zero attached hydrogens (tertiary/aromatic N) is 1. The van der Waals surface area contributed by atoms with E-state index in [-0.39, 0.29) is 18.5 Å². The van der Waals surface area contributed by atoms with Crippen LogP contribution < -0.4 is 15.8 Å². The van der Waals surface area contributed by atoms with Gasteiger partial charge in [-0.05, 0) is 109 Å². The summed E-state index contributed by atoms with van der Waals surface area (Å²) in [5.41, 5.74) is 8.59. The monoisotopic (exact) mass is 551 g/mol. The summed E-state index contributed by atoms with van der Waals surface area (Å²) < 4.78 is 17.3. The van der Waals surface area contributed by atoms with Gasteiger partial charge in [-0.2, -0.15) is 0 Å². The minimum absolute atomic E-state index is 0.102. The van der Waals surface area contributed by atoms with Gasteiger partial charge < -0.3 is 25.3 Å². The zero-order chi connectivity index (χ0) is 29.4. The molecule has 1 aliphatic carbocycles. The zero-order valence-electron chi connectivity index (χ0n) is 24.5. The maximum atomic E-state index is 13.9. The second kappa shape index (κ2) is 11.1. The molecule has 2 aromatic rings. The maximum Gasteiger partial charge on any atom is 0.411 e. The molecule has 0 fully saturated rings. The third kappa shape index (κ3) is 6.58. The van der Waals surface area contributed by atoms with Gasteiger partial charge in [0.1, 0.15) is 17.0 Å². The van der Waals surface area contributed by atoms with E-state index in [0.717, 1.165) is 24.0 Å². The molecule has 2 amide bonds. The van der Waals surface area contributed by atoms with Crippen molar-refractivity contribution in [2.24, 2.45) is 5.73 Å². The molecule has 4 rings (SSSR count). The van der Waals surface area contributed by atoms with Crippen LogP contribution in [0.5, 0.6) is 5.75 Å². The molecule has 40 heavy (non-hydrogen) atoms. The first-order valence-electron chi connectivity index (χ1n) is 13.9. The Morgan fingerprint density at radius 1 is 1.10 bits per heavy atom. The summed E-state index contributed by atoms with van der Waals surface area (Å²) in [6.07, 6.45) is 1.25. The quantitative estimate of drug-likeness (QED) is 0.459. The van der Waals surface area contributed by atoms with Crippen molar-refractivity contribution in [3.63, 3.8) is 0 Å². The molecular weight excluding hydrogens is 510 g/mol. The van der Waals surface area contributed by atoms with E-state index in [2.05, 4.69) is 5.32 Å². The number of nitrogens with one attached hydrogen (secondary N) is 1. The molecular formula is C31H41N3O6. The number of hydrogen-bond donors (Lipinski definition) is 2. The van der Waals surface area contributed by atoms with Crippen LogP contribution in [0.4, 0.5) is 10.5 Å². The lowest BCUT2D eigenvalue weighted by atomic mass is 9.84. The Morgan fingerprint density at radius 2 is 1.80 bits per heavy atom. The molecule has 3 N–H and O–H groups in total. The second-order valence-corrected chi connectivity index (χ2v) is 12.5. The van der Waals surface area contributed by atoms with E-state index in [1.165, 1.54) is 0 Å². The van der Waals surface area contributed by atoms with E-state index in [1.54, 1.807) is 30.0 Å². The normalized spacial score (nSPS) is 19.4. The highest BCUT2D eigenvalue weighted by atomic mass is 16.6. The first-order valence-corrected chi connectivity index (χ1v) is 13.9. The van der Waals surface area contributed by atoms with Gasteiger partial charge in [-0.25, -0.2) is 9.59 Å². The number of carbonyl (C=O) groups is 3. The van der Waals surface area contributed by atoms with Crippen molar-refractivity contribution in [2.45, 2.75) is 97.1 Å². The van der Waals surface area contributed by atoms with Crippen LogP contribution in [-0.4, -0.2) is 46.7 Å². The Balaban J connectivity index is 1.78. The molecule has 0 radical (unpaired) electrons. The van der Waals surface area contributed by atoms with Crippen molar-refractivity contribution in [1.29, 1.82) is 0 Å². The Labute approximate surface area is 236 Å². The number of ether oxygens (including phenoxy) is 3. The first kappa shape index (κ1) is 29.4. The number of fused-ring (bicyclic) bond motifs is 2. The minimum Gasteiger partial charge on any atom is -0.479 e. The number of aryl methyl sites for hydroxylation is 1. The SMILES string of the molecule is CC1Oc2cc3c(cc2NC1=O)C(N(C(=O)OC(C)(C)C)C(CN)c1cccc(C(=O)OC(C)(C)C)c1)CCC3. The van der Waals surface area contributed by atoms with Crippen molar-refractivity contribution < 1.29 is 28.6 Å². The molecule has 0 saturated heterocycles. The number of carbonyl (C=O) groups excluding carboxylic acids is 3. The maximum absolute atomic E-state index is 13.9. The zero-order valence-corrected chi connectivity index (χ0v) is 24.5. The average Bonchev–Trinajstić information content (AvgIpc) is 2.84. The van der Waals surface area contributed by atoms with Gasteiger partial charge in [0.15, 0.2) is 6.10 Å². The number of nitrogens with two attached hydrogens (primary N) is 1. The fourth-order valence-corrected chi connectivity index (χ4v) is 5.18. The number of amides is 2. The fraction of sp³-hybridized carbons (Fsp3) is 0.516. The summed E-state index contributed by atoms with van der Waals surface area (Å²) in [7, 11) is 0. The molecule has 1 aliphatic heterocycles. The average molecular weight is 552 g/mol. The molecule has 0 aromatic heterocycles. The predicted molar refractivity (Wildman–Crippen MR) is 152 cm³/mol. The summed E-state index contributed by atoms with van der Waals surface area (Å²) in [5, 5.41) is 2.93. The summed E-state index contributed by atoms with van der Waals surface area (Å²) in [6.45, 7) is 12.7. The van der Waals surface area contributed by atoms with Crippen LogP contribution in [-0.2, 0) is 20.7 Å². The van der Waals surface area contributed by atoms with Crippen molar-refractivity contribution in [3.8, 4) is 5.75 Å². The number of benzene rings is 2. The highest BCUT2D eigenvalue weighted by Gasteiger charge is 2.39. The molecule has 1 heterocycles. The van der Waals surface area contributed by atoms with Crippen molar-refractivity contribution in [2.75, 3.05) is 11.9 Å². The van der Waals surface area contributed by atoms with Crippen LogP contribution in [0, 0.1) is 0 Å². The van der Waals surface area contributed by atoms with E-state index in [1.807, 2.05) is 59.7 Å². The van der Waals surface area contributed by atoms with Crippen LogP contribution in [0.3, 0.4) is 0 Å². The van der Waals surface area contributed by atoms with Crippen LogP contribution in [0.25, 0.3) is 0 Å². The van der Waals surface area contributed by atoms with Gasteiger partial charge in [-0.15, -0.1) is 0 Å². The highest BCUT2D eigenvalue weighted by molar-refractivity contribution is 5.97. The van der Waals surface area contributed by atoms with E-state index in [4.69, 9.17) is 19.9 Å². The lowest BCUT2D eigenvalue weighted by molar-refractivity contribution is -0.122. The summed E-state index contributed by atoms with van der Waals surface area (Å²) in [5.74, 6) is -0.0492. The second-order valence-electron chi connectivity index (χ2n) is 12.5. The number of esters is 1. The predicted octanol–water partition coefficient (Wildman–Crippen LogP) is 5.68. The van der Waals surface area contributed by atoms with Crippen LogP contribution in [0.1, 0.15) is 100 Å². The molecule has 9 nitrogen and oxygen atoms in total. The van der Waals surface area contributed by atoms with Crippen LogP contribution in [0.2, 0.25) is 0 Å². The topological polar surface area (TPSA) is 120 Å². The van der Waals surface area contributed by atoms with Crippen molar-refractivity contribution >= 4 is 23.7 Å². The number of anilines is 1. The lowest BCUT2D eigenvalue weighted by Crippen LogP contribution is -2.45. The molecule has 9 heteroatoms. The summed E-state index contributed by atoms with van der Waals surface area (Å²) in [6, 6.07) is 9.94. The third-order valence-corrected chi connectivity index (χ3v) is 6.86. The Hall–Kier alpha value is -3.59. The van der Waals surface area contributed by atoms with E-state index in [9.17, 15) is 14.4 Å². The van der Waals surface area contributed by atoms with Crippen molar-refractivity contribution in [1.82, 2.24) is 4.90 Å². The van der Waals surface area contributed by atoms with Gasteiger partial charge in [0.05, 0.1) is 23.3 Å². The molecule has 216 valence electrons. The molecule has 2 aromatic carbocycles. The van der Waals surface area contributed by atoms with Crippen molar-refractivity contribution in [3.05, 3.63) is 58.7 Å². The number of hydrogen-bond acceptors (Lipinski definition) is 7. The standard InChI is InChI=1S/C31H41N3O6/c1-18-27(35)33-23-16-22-19(15-26(23)38-18)10-9-13-24(22)34(29(37)40-31(5,6)7)25(17-32)20-11-8-12-21(14-20)28(36)39-30(2,3)4/h8,11-12,14-16,18,24-25H,9-10,13,17,32H2,1-7H3,(H,33,35). The third-order valence-electron chi connectivity index (χ3n) is 6.86. The fourth-order valence-electron chi connectivity index (χ4n) is 5.18. The smallest absolute Gasteiger partial charge is 0.411 e. The largest absolute Gasteiger partial charge is 0.479 e. The Morgan fingerprint density at radius 3 is 2.45 bits per heavy atom. The molecule has 0 spiro atoms.